The highest BCUT2D eigenvalue weighted by Crippen LogP contribution is 2.21. The molecule has 0 aliphatic carbocycles. The van der Waals surface area contributed by atoms with Gasteiger partial charge in [0.2, 0.25) is 0 Å². The zero-order valence-corrected chi connectivity index (χ0v) is 16.7. The molecule has 2 nitrogen and oxygen atoms in total. The Morgan fingerprint density at radius 3 is 1.76 bits per heavy atom. The van der Waals surface area contributed by atoms with E-state index in [0.717, 1.165) is 17.7 Å². The molecular weight excluding hydrogens is 308 g/mol. The molecule has 0 aliphatic rings. The molecule has 0 saturated heterocycles. The Morgan fingerprint density at radius 2 is 1.28 bits per heavy atom. The summed E-state index contributed by atoms with van der Waals surface area (Å²) in [5.74, 6) is 0.815. The van der Waals surface area contributed by atoms with Crippen molar-refractivity contribution < 1.29 is 9.84 Å². The van der Waals surface area contributed by atoms with Gasteiger partial charge in [0.25, 0.3) is 0 Å². The van der Waals surface area contributed by atoms with Crippen LogP contribution in [0.4, 0.5) is 0 Å². The molecule has 0 fully saturated rings. The van der Waals surface area contributed by atoms with E-state index in [1.165, 1.54) is 89.0 Å². The first-order chi connectivity index (χ1) is 12.3. The first-order valence-electron chi connectivity index (χ1n) is 10.6. The van der Waals surface area contributed by atoms with Crippen molar-refractivity contribution in [2.24, 2.45) is 0 Å². The number of unbranched alkanes of at least 4 members (excludes halogenated alkanes) is 12. The molecule has 0 heterocycles. The molecular formula is C23H40O2. The number of benzene rings is 1. The summed E-state index contributed by atoms with van der Waals surface area (Å²) in [5, 5.41) is 9.26. The number of hydrogen-bond acceptors (Lipinski definition) is 2. The number of aliphatic hydroxyl groups is 1. The van der Waals surface area contributed by atoms with Gasteiger partial charge in [0.15, 0.2) is 0 Å². The number of hydrogen-bond donors (Lipinski definition) is 1. The van der Waals surface area contributed by atoms with Crippen LogP contribution in [-0.2, 0) is 13.0 Å². The quantitative estimate of drug-likeness (QED) is 0.332. The summed E-state index contributed by atoms with van der Waals surface area (Å²) in [6.45, 7) is 2.33. The maximum absolute atomic E-state index is 9.26. The second-order valence-electron chi connectivity index (χ2n) is 7.30. The normalized spacial score (nSPS) is 11.0. The Labute approximate surface area is 156 Å². The lowest BCUT2D eigenvalue weighted by Gasteiger charge is -2.09. The van der Waals surface area contributed by atoms with Crippen molar-refractivity contribution in [1.29, 1.82) is 0 Å². The van der Waals surface area contributed by atoms with E-state index in [2.05, 4.69) is 19.1 Å². The van der Waals surface area contributed by atoms with E-state index in [4.69, 9.17) is 4.74 Å². The highest BCUT2D eigenvalue weighted by molar-refractivity contribution is 5.37. The van der Waals surface area contributed by atoms with Crippen LogP contribution in [0.3, 0.4) is 0 Å². The van der Waals surface area contributed by atoms with Crippen LogP contribution in [-0.4, -0.2) is 12.2 Å². The molecule has 0 aromatic heterocycles. The van der Waals surface area contributed by atoms with E-state index in [9.17, 15) is 5.11 Å². The molecule has 2 heteroatoms. The molecule has 0 amide bonds. The van der Waals surface area contributed by atoms with Gasteiger partial charge >= 0.3 is 0 Å². The third kappa shape index (κ3) is 10.5. The average molecular weight is 349 g/mol. The molecule has 1 aromatic carbocycles. The maximum atomic E-state index is 9.26. The predicted molar refractivity (Wildman–Crippen MR) is 108 cm³/mol. The van der Waals surface area contributed by atoms with Gasteiger partial charge in [-0.15, -0.1) is 0 Å². The lowest BCUT2D eigenvalue weighted by atomic mass is 10.0. The van der Waals surface area contributed by atoms with Gasteiger partial charge in [-0.3, -0.25) is 0 Å². The second kappa shape index (κ2) is 15.3. The molecule has 0 spiro atoms. The molecule has 0 unspecified atom stereocenters. The summed E-state index contributed by atoms with van der Waals surface area (Å²) in [6, 6.07) is 6.18. The fourth-order valence-electron chi connectivity index (χ4n) is 3.42. The molecule has 0 saturated carbocycles. The van der Waals surface area contributed by atoms with Crippen molar-refractivity contribution in [2.45, 2.75) is 103 Å². The summed E-state index contributed by atoms with van der Waals surface area (Å²) in [4.78, 5) is 0. The molecule has 1 N–H and O–H groups in total. The largest absolute Gasteiger partial charge is 0.496 e. The van der Waals surface area contributed by atoms with Gasteiger partial charge in [-0.25, -0.2) is 0 Å². The Morgan fingerprint density at radius 1 is 0.760 bits per heavy atom. The minimum Gasteiger partial charge on any atom is -0.496 e. The van der Waals surface area contributed by atoms with Crippen molar-refractivity contribution in [1.82, 2.24) is 0 Å². The Balaban J connectivity index is 1.95. The van der Waals surface area contributed by atoms with Crippen molar-refractivity contribution in [3.63, 3.8) is 0 Å². The van der Waals surface area contributed by atoms with Gasteiger partial charge < -0.3 is 9.84 Å². The van der Waals surface area contributed by atoms with Crippen molar-refractivity contribution in [3.8, 4) is 5.75 Å². The van der Waals surface area contributed by atoms with Crippen LogP contribution in [0.25, 0.3) is 0 Å². The average Bonchev–Trinajstić information content (AvgIpc) is 2.65. The minimum absolute atomic E-state index is 0.0438. The van der Waals surface area contributed by atoms with Crippen molar-refractivity contribution >= 4 is 0 Å². The monoisotopic (exact) mass is 348 g/mol. The van der Waals surface area contributed by atoms with Crippen LogP contribution in [0.5, 0.6) is 5.75 Å². The van der Waals surface area contributed by atoms with Gasteiger partial charge in [0.05, 0.1) is 13.7 Å². The highest BCUT2D eigenvalue weighted by Gasteiger charge is 2.03. The highest BCUT2D eigenvalue weighted by atomic mass is 16.5. The van der Waals surface area contributed by atoms with Crippen LogP contribution in [0.2, 0.25) is 0 Å². The molecule has 1 aromatic rings. The summed E-state index contributed by atoms with van der Waals surface area (Å²) in [5.41, 5.74) is 2.19. The van der Waals surface area contributed by atoms with E-state index in [1.807, 2.05) is 6.07 Å². The fourth-order valence-corrected chi connectivity index (χ4v) is 3.42. The third-order valence-corrected chi connectivity index (χ3v) is 5.09. The van der Waals surface area contributed by atoms with Gasteiger partial charge in [-0.1, -0.05) is 96.1 Å². The first kappa shape index (κ1) is 22.0. The van der Waals surface area contributed by atoms with Crippen molar-refractivity contribution in [2.75, 3.05) is 7.11 Å². The first-order valence-corrected chi connectivity index (χ1v) is 10.6. The summed E-state index contributed by atoms with van der Waals surface area (Å²) < 4.78 is 5.34. The van der Waals surface area contributed by atoms with Crippen LogP contribution in [0.1, 0.15) is 102 Å². The minimum atomic E-state index is 0.0438. The Kier molecular flexibility index (Phi) is 13.4. The molecule has 0 radical (unpaired) electrons. The standard InChI is InChI=1S/C23H40O2/c1-3-4-5-6-7-8-9-10-11-12-13-14-15-16-21-17-18-22(20-24)23(19-21)25-2/h17-19,24H,3-16,20H2,1-2H3. The molecule has 0 aliphatic heterocycles. The zero-order chi connectivity index (χ0) is 18.2. The van der Waals surface area contributed by atoms with E-state index in [0.29, 0.717) is 0 Å². The zero-order valence-electron chi connectivity index (χ0n) is 16.7. The molecule has 0 atom stereocenters. The SMILES string of the molecule is CCCCCCCCCCCCCCCc1ccc(CO)c(OC)c1. The van der Waals surface area contributed by atoms with Crippen LogP contribution < -0.4 is 4.74 Å². The Bertz CT molecular complexity index is 428. The molecule has 0 bridgehead atoms. The van der Waals surface area contributed by atoms with Gasteiger partial charge in [0.1, 0.15) is 5.75 Å². The predicted octanol–water partition coefficient (Wildman–Crippen LogP) is 6.82. The van der Waals surface area contributed by atoms with Crippen LogP contribution >= 0.6 is 0 Å². The number of aryl methyl sites for hydroxylation is 1. The summed E-state index contributed by atoms with van der Waals surface area (Å²) >= 11 is 0. The molecule has 25 heavy (non-hydrogen) atoms. The summed E-state index contributed by atoms with van der Waals surface area (Å²) in [6.07, 6.45) is 19.2. The number of methoxy groups -OCH3 is 1. The van der Waals surface area contributed by atoms with E-state index in [-0.39, 0.29) is 6.61 Å². The lowest BCUT2D eigenvalue weighted by Crippen LogP contribution is -1.94. The lowest BCUT2D eigenvalue weighted by molar-refractivity contribution is 0.273. The smallest absolute Gasteiger partial charge is 0.124 e. The topological polar surface area (TPSA) is 29.5 Å². The number of ether oxygens (including phenoxy) is 1. The molecule has 144 valence electrons. The van der Waals surface area contributed by atoms with E-state index >= 15 is 0 Å². The third-order valence-electron chi connectivity index (χ3n) is 5.09. The van der Waals surface area contributed by atoms with Crippen molar-refractivity contribution in [3.05, 3.63) is 29.3 Å². The second-order valence-corrected chi connectivity index (χ2v) is 7.30. The number of aliphatic hydroxyl groups excluding tert-OH is 1. The van der Waals surface area contributed by atoms with Crippen LogP contribution in [0, 0.1) is 0 Å². The Hall–Kier alpha value is -1.02. The molecule has 1 rings (SSSR count). The van der Waals surface area contributed by atoms with Gasteiger partial charge in [-0.05, 0) is 24.5 Å². The van der Waals surface area contributed by atoms with Gasteiger partial charge in [0, 0.05) is 5.56 Å². The summed E-state index contributed by atoms with van der Waals surface area (Å²) in [7, 11) is 1.67. The van der Waals surface area contributed by atoms with E-state index in [1.54, 1.807) is 7.11 Å². The van der Waals surface area contributed by atoms with Gasteiger partial charge in [-0.2, -0.15) is 0 Å². The maximum Gasteiger partial charge on any atom is 0.124 e. The van der Waals surface area contributed by atoms with E-state index < -0.39 is 0 Å². The fraction of sp³-hybridized carbons (Fsp3) is 0.739. The van der Waals surface area contributed by atoms with Crippen LogP contribution in [0.15, 0.2) is 18.2 Å². The number of rotatable bonds is 16.